The van der Waals surface area contributed by atoms with Crippen LogP contribution in [-0.2, 0) is 4.74 Å². The number of likely N-dealkylation sites (N-methyl/N-ethyl adjacent to an activating group) is 1. The minimum absolute atomic E-state index is 0.162. The number of hydrogen-bond acceptors (Lipinski definition) is 5. The first kappa shape index (κ1) is 15.5. The highest BCUT2D eigenvalue weighted by molar-refractivity contribution is 5.69. The second-order valence-electron chi connectivity index (χ2n) is 6.56. The Balaban J connectivity index is 1.92. The van der Waals surface area contributed by atoms with Crippen LogP contribution in [0.5, 0.6) is 0 Å². The zero-order valence-electron chi connectivity index (χ0n) is 13.7. The van der Waals surface area contributed by atoms with Crippen LogP contribution in [0.1, 0.15) is 32.3 Å². The van der Waals surface area contributed by atoms with Gasteiger partial charge in [-0.3, -0.25) is 0 Å². The number of amides is 1. The van der Waals surface area contributed by atoms with E-state index in [9.17, 15) is 4.79 Å². The maximum atomic E-state index is 12.0. The van der Waals surface area contributed by atoms with Crippen LogP contribution in [0.15, 0.2) is 6.07 Å². The fraction of sp³-hybridized carbons (Fsp3) is 0.667. The van der Waals surface area contributed by atoms with Gasteiger partial charge >= 0.3 is 6.09 Å². The van der Waals surface area contributed by atoms with Gasteiger partial charge in [0.2, 0.25) is 0 Å². The normalized spacial score (nSPS) is 15.6. The molecule has 1 aromatic rings. The number of aryl methyl sites for hydroxylation is 2. The Bertz CT molecular complexity index is 513. The van der Waals surface area contributed by atoms with E-state index in [-0.39, 0.29) is 12.1 Å². The largest absolute Gasteiger partial charge is 0.444 e. The minimum atomic E-state index is -0.463. The Hall–Kier alpha value is -1.85. The molecular formula is C15H24N4O2. The molecule has 0 bridgehead atoms. The number of carbonyl (C=O) groups excluding carboxylic acids is 1. The molecule has 1 amide bonds. The van der Waals surface area contributed by atoms with Crippen molar-refractivity contribution in [3.63, 3.8) is 0 Å². The number of ether oxygens (including phenoxy) is 1. The van der Waals surface area contributed by atoms with E-state index in [1.807, 2.05) is 40.7 Å². The number of hydrogen-bond donors (Lipinski definition) is 0. The molecule has 116 valence electrons. The second kappa shape index (κ2) is 5.50. The topological polar surface area (TPSA) is 58.6 Å². The highest BCUT2D eigenvalue weighted by atomic mass is 16.6. The highest BCUT2D eigenvalue weighted by Gasteiger charge is 2.35. The Labute approximate surface area is 126 Å². The number of nitrogens with zero attached hydrogens (tertiary/aromatic N) is 4. The smallest absolute Gasteiger partial charge is 0.410 e. The molecule has 1 fully saturated rings. The van der Waals surface area contributed by atoms with Crippen LogP contribution < -0.4 is 4.90 Å². The predicted octanol–water partition coefficient (Wildman–Crippen LogP) is 2.15. The van der Waals surface area contributed by atoms with Crippen molar-refractivity contribution in [1.82, 2.24) is 14.9 Å². The lowest BCUT2D eigenvalue weighted by Gasteiger charge is -2.44. The average molecular weight is 292 g/mol. The van der Waals surface area contributed by atoms with E-state index in [2.05, 4.69) is 14.9 Å². The summed E-state index contributed by atoms with van der Waals surface area (Å²) in [6.07, 6.45) is -0.276. The van der Waals surface area contributed by atoms with Crippen molar-refractivity contribution >= 4 is 11.9 Å². The molecule has 1 saturated heterocycles. The van der Waals surface area contributed by atoms with Crippen molar-refractivity contribution in [2.75, 3.05) is 25.0 Å². The monoisotopic (exact) mass is 292 g/mol. The number of aromatic nitrogens is 2. The van der Waals surface area contributed by atoms with Crippen molar-refractivity contribution in [3.05, 3.63) is 17.6 Å². The van der Waals surface area contributed by atoms with E-state index in [0.717, 1.165) is 30.4 Å². The SMILES string of the molecule is Cc1cc(N2CC(N(C)C(=O)OC(C)(C)C)C2)nc(C)n1. The van der Waals surface area contributed by atoms with E-state index in [0.29, 0.717) is 0 Å². The third-order valence-electron chi connectivity index (χ3n) is 3.37. The molecule has 0 aliphatic carbocycles. The van der Waals surface area contributed by atoms with Crippen LogP contribution in [0.4, 0.5) is 10.6 Å². The van der Waals surface area contributed by atoms with E-state index >= 15 is 0 Å². The molecule has 2 heterocycles. The summed E-state index contributed by atoms with van der Waals surface area (Å²) >= 11 is 0. The fourth-order valence-corrected chi connectivity index (χ4v) is 2.23. The summed E-state index contributed by atoms with van der Waals surface area (Å²) in [5.74, 6) is 1.70. The van der Waals surface area contributed by atoms with E-state index in [1.54, 1.807) is 11.9 Å². The van der Waals surface area contributed by atoms with Crippen molar-refractivity contribution in [2.24, 2.45) is 0 Å². The Morgan fingerprint density at radius 3 is 2.48 bits per heavy atom. The average Bonchev–Trinajstić information content (AvgIpc) is 2.22. The molecule has 6 heteroatoms. The first-order chi connectivity index (χ1) is 9.65. The number of carbonyl (C=O) groups is 1. The molecule has 21 heavy (non-hydrogen) atoms. The van der Waals surface area contributed by atoms with E-state index in [4.69, 9.17) is 4.74 Å². The first-order valence-electron chi connectivity index (χ1n) is 7.19. The van der Waals surface area contributed by atoms with Crippen LogP contribution in [0, 0.1) is 13.8 Å². The van der Waals surface area contributed by atoms with Crippen LogP contribution in [0.2, 0.25) is 0 Å². The molecule has 0 N–H and O–H groups in total. The van der Waals surface area contributed by atoms with Gasteiger partial charge in [0.25, 0.3) is 0 Å². The van der Waals surface area contributed by atoms with Gasteiger partial charge in [0, 0.05) is 31.9 Å². The molecule has 2 rings (SSSR count). The maximum absolute atomic E-state index is 12.0. The van der Waals surface area contributed by atoms with Gasteiger partial charge in [-0.1, -0.05) is 0 Å². The van der Waals surface area contributed by atoms with Crippen molar-refractivity contribution in [2.45, 2.75) is 46.3 Å². The van der Waals surface area contributed by atoms with Gasteiger partial charge < -0.3 is 14.5 Å². The van der Waals surface area contributed by atoms with E-state index < -0.39 is 5.60 Å². The van der Waals surface area contributed by atoms with Crippen LogP contribution in [0.25, 0.3) is 0 Å². The van der Waals surface area contributed by atoms with Crippen LogP contribution >= 0.6 is 0 Å². The summed E-state index contributed by atoms with van der Waals surface area (Å²) in [6.45, 7) is 11.0. The lowest BCUT2D eigenvalue weighted by Crippen LogP contribution is -2.60. The second-order valence-corrected chi connectivity index (χ2v) is 6.56. The number of rotatable bonds is 2. The summed E-state index contributed by atoms with van der Waals surface area (Å²) in [5.41, 5.74) is 0.497. The van der Waals surface area contributed by atoms with Gasteiger partial charge in [-0.15, -0.1) is 0 Å². The molecule has 0 aromatic carbocycles. The lowest BCUT2D eigenvalue weighted by atomic mass is 10.1. The van der Waals surface area contributed by atoms with Crippen molar-refractivity contribution in [1.29, 1.82) is 0 Å². The molecule has 0 atom stereocenters. The molecule has 6 nitrogen and oxygen atoms in total. The maximum Gasteiger partial charge on any atom is 0.410 e. The standard InChI is InChI=1S/C15H24N4O2/c1-10-7-13(17-11(2)16-10)19-8-12(9-19)18(6)14(20)21-15(3,4)5/h7,12H,8-9H2,1-6H3. The molecule has 1 aromatic heterocycles. The molecule has 0 spiro atoms. The van der Waals surface area contributed by atoms with Gasteiger partial charge in [0.1, 0.15) is 17.2 Å². The third-order valence-corrected chi connectivity index (χ3v) is 3.37. The lowest BCUT2D eigenvalue weighted by molar-refractivity contribution is 0.0196. The van der Waals surface area contributed by atoms with Crippen molar-refractivity contribution < 1.29 is 9.53 Å². The quantitative estimate of drug-likeness (QED) is 0.836. The highest BCUT2D eigenvalue weighted by Crippen LogP contribution is 2.23. The summed E-state index contributed by atoms with van der Waals surface area (Å²) < 4.78 is 5.38. The third kappa shape index (κ3) is 3.83. The van der Waals surface area contributed by atoms with Crippen molar-refractivity contribution in [3.8, 4) is 0 Å². The van der Waals surface area contributed by atoms with Gasteiger partial charge in [-0.2, -0.15) is 0 Å². The van der Waals surface area contributed by atoms with Crippen LogP contribution in [0.3, 0.4) is 0 Å². The molecule has 0 unspecified atom stereocenters. The predicted molar refractivity (Wildman–Crippen MR) is 81.5 cm³/mol. The molecular weight excluding hydrogens is 268 g/mol. The Kier molecular flexibility index (Phi) is 4.07. The summed E-state index contributed by atoms with van der Waals surface area (Å²) in [5, 5.41) is 0. The summed E-state index contributed by atoms with van der Waals surface area (Å²) in [7, 11) is 1.78. The Morgan fingerprint density at radius 2 is 1.95 bits per heavy atom. The molecule has 0 radical (unpaired) electrons. The zero-order valence-corrected chi connectivity index (χ0v) is 13.7. The van der Waals surface area contributed by atoms with Crippen LogP contribution in [-0.4, -0.2) is 52.7 Å². The summed E-state index contributed by atoms with van der Waals surface area (Å²) in [6, 6.07) is 2.13. The minimum Gasteiger partial charge on any atom is -0.444 e. The zero-order chi connectivity index (χ0) is 15.8. The summed E-state index contributed by atoms with van der Waals surface area (Å²) in [4.78, 5) is 24.5. The van der Waals surface area contributed by atoms with E-state index in [1.165, 1.54) is 0 Å². The molecule has 0 saturated carbocycles. The number of anilines is 1. The first-order valence-corrected chi connectivity index (χ1v) is 7.19. The van der Waals surface area contributed by atoms with Gasteiger partial charge in [0.15, 0.2) is 0 Å². The molecule has 1 aliphatic heterocycles. The Morgan fingerprint density at radius 1 is 1.33 bits per heavy atom. The molecule has 1 aliphatic rings. The van der Waals surface area contributed by atoms with Gasteiger partial charge in [-0.25, -0.2) is 14.8 Å². The van der Waals surface area contributed by atoms with Gasteiger partial charge in [0.05, 0.1) is 6.04 Å². The van der Waals surface area contributed by atoms with Gasteiger partial charge in [-0.05, 0) is 34.6 Å². The fourth-order valence-electron chi connectivity index (χ4n) is 2.23.